The number of ether oxygens (including phenoxy) is 2. The quantitative estimate of drug-likeness (QED) is 0.344. The molecule has 1 aromatic rings. The molecular weight excluding hydrogens is 380 g/mol. The first-order chi connectivity index (χ1) is 14.5. The van der Waals surface area contributed by atoms with Crippen LogP contribution in [0.4, 0.5) is 9.59 Å². The Kier molecular flexibility index (Phi) is 12.7. The third-order valence-corrected chi connectivity index (χ3v) is 4.41. The van der Waals surface area contributed by atoms with Gasteiger partial charge in [0.25, 0.3) is 0 Å². The summed E-state index contributed by atoms with van der Waals surface area (Å²) in [7, 11) is 0. The van der Waals surface area contributed by atoms with Gasteiger partial charge < -0.3 is 20.1 Å². The molecule has 2 unspecified atom stereocenters. The maximum Gasteiger partial charge on any atom is 0.408 e. The first-order valence-electron chi connectivity index (χ1n) is 10.7. The van der Waals surface area contributed by atoms with Crippen LogP contribution in [0.15, 0.2) is 48.6 Å². The fraction of sp³-hybridized carbons (Fsp3) is 0.500. The molecule has 0 fully saturated rings. The van der Waals surface area contributed by atoms with E-state index in [0.29, 0.717) is 13.1 Å². The summed E-state index contributed by atoms with van der Waals surface area (Å²) in [6.07, 6.45) is 9.64. The van der Waals surface area contributed by atoms with Gasteiger partial charge in [-0.1, -0.05) is 54.8 Å². The molecule has 0 saturated heterocycles. The van der Waals surface area contributed by atoms with E-state index < -0.39 is 18.3 Å². The predicted octanol–water partition coefficient (Wildman–Crippen LogP) is 5.59. The van der Waals surface area contributed by atoms with Gasteiger partial charge in [0, 0.05) is 13.1 Å². The Morgan fingerprint density at radius 2 is 1.40 bits per heavy atom. The van der Waals surface area contributed by atoms with Gasteiger partial charge in [-0.3, -0.25) is 0 Å². The molecule has 0 aliphatic heterocycles. The Morgan fingerprint density at radius 3 is 1.93 bits per heavy atom. The van der Waals surface area contributed by atoms with E-state index in [1.165, 1.54) is 0 Å². The third kappa shape index (κ3) is 11.3. The summed E-state index contributed by atoms with van der Waals surface area (Å²) in [5, 5.41) is 5.55. The molecule has 6 heteroatoms. The zero-order valence-corrected chi connectivity index (χ0v) is 18.6. The molecule has 0 aromatic heterocycles. The Labute approximate surface area is 180 Å². The molecule has 6 nitrogen and oxygen atoms in total. The molecule has 0 spiro atoms. The summed E-state index contributed by atoms with van der Waals surface area (Å²) in [5.74, 6) is 0. The van der Waals surface area contributed by atoms with Crippen LogP contribution in [0.5, 0.6) is 0 Å². The number of alkyl carbamates (subject to hydrolysis) is 2. The average Bonchev–Trinajstić information content (AvgIpc) is 2.70. The van der Waals surface area contributed by atoms with E-state index in [1.807, 2.05) is 76.3 Å². The normalized spacial score (nSPS) is 13.2. The third-order valence-electron chi connectivity index (χ3n) is 4.41. The number of amides is 2. The Bertz CT molecular complexity index is 683. The van der Waals surface area contributed by atoms with Crippen LogP contribution in [0.2, 0.25) is 0 Å². The van der Waals surface area contributed by atoms with Crippen molar-refractivity contribution in [2.75, 3.05) is 13.1 Å². The molecule has 0 bridgehead atoms. The van der Waals surface area contributed by atoms with Crippen molar-refractivity contribution in [3.8, 4) is 0 Å². The zero-order valence-electron chi connectivity index (χ0n) is 18.6. The number of unbranched alkanes of at least 4 members (excludes halogenated alkanes) is 3. The van der Waals surface area contributed by atoms with Gasteiger partial charge in [-0.25, -0.2) is 9.59 Å². The van der Waals surface area contributed by atoms with Gasteiger partial charge in [-0.15, -0.1) is 0 Å². The molecular formula is C24H36N2O4. The molecule has 2 N–H and O–H groups in total. The van der Waals surface area contributed by atoms with Crippen LogP contribution < -0.4 is 10.6 Å². The standard InChI is InChI=1S/C24H36N2O4/c1-5-11-20(4)29-23(27)25-17-9-7-8-10-18-26-24(28)30-22(12-6-2)21-15-13-19(3)14-16-21/h5-6,11-16,20,22H,7-10,17-18H2,1-4H3,(H,25,27)(H,26,28)/b11-5+,12-6+. The van der Waals surface area contributed by atoms with E-state index in [1.54, 1.807) is 0 Å². The van der Waals surface area contributed by atoms with Crippen molar-refractivity contribution in [2.45, 2.75) is 65.6 Å². The zero-order chi connectivity index (χ0) is 22.2. The first kappa shape index (κ1) is 25.3. The van der Waals surface area contributed by atoms with Gasteiger partial charge in [0.2, 0.25) is 0 Å². The monoisotopic (exact) mass is 416 g/mol. The number of hydrogen-bond acceptors (Lipinski definition) is 4. The summed E-state index contributed by atoms with van der Waals surface area (Å²) in [4.78, 5) is 23.6. The molecule has 0 radical (unpaired) electrons. The summed E-state index contributed by atoms with van der Waals surface area (Å²) < 4.78 is 10.7. The largest absolute Gasteiger partial charge is 0.442 e. The van der Waals surface area contributed by atoms with E-state index in [0.717, 1.165) is 36.8 Å². The maximum absolute atomic E-state index is 12.1. The topological polar surface area (TPSA) is 76.7 Å². The number of benzene rings is 1. The van der Waals surface area contributed by atoms with Crippen molar-refractivity contribution in [2.24, 2.45) is 0 Å². The van der Waals surface area contributed by atoms with Gasteiger partial charge in [0.15, 0.2) is 0 Å². The lowest BCUT2D eigenvalue weighted by Gasteiger charge is -2.15. The Hall–Kier alpha value is -2.76. The molecule has 1 aromatic carbocycles. The van der Waals surface area contributed by atoms with Crippen molar-refractivity contribution in [3.05, 3.63) is 59.7 Å². The number of carbonyl (C=O) groups excluding carboxylic acids is 2. The van der Waals surface area contributed by atoms with Gasteiger partial charge in [-0.2, -0.15) is 0 Å². The molecule has 2 amide bonds. The molecule has 0 saturated carbocycles. The van der Waals surface area contributed by atoms with Crippen molar-refractivity contribution in [1.29, 1.82) is 0 Å². The lowest BCUT2D eigenvalue weighted by molar-refractivity contribution is 0.119. The number of nitrogens with one attached hydrogen (secondary N) is 2. The van der Waals surface area contributed by atoms with Gasteiger partial charge in [0.05, 0.1) is 0 Å². The van der Waals surface area contributed by atoms with Crippen LogP contribution in [0.1, 0.15) is 63.7 Å². The highest BCUT2D eigenvalue weighted by atomic mass is 16.6. The number of carbonyl (C=O) groups is 2. The van der Waals surface area contributed by atoms with Gasteiger partial charge >= 0.3 is 12.2 Å². The number of hydrogen-bond donors (Lipinski definition) is 2. The lowest BCUT2D eigenvalue weighted by Crippen LogP contribution is -2.28. The van der Waals surface area contributed by atoms with Crippen LogP contribution in [-0.4, -0.2) is 31.4 Å². The second-order valence-corrected chi connectivity index (χ2v) is 7.17. The van der Waals surface area contributed by atoms with Crippen molar-refractivity contribution in [1.82, 2.24) is 10.6 Å². The summed E-state index contributed by atoms with van der Waals surface area (Å²) in [6.45, 7) is 8.77. The van der Waals surface area contributed by atoms with Gasteiger partial charge in [0.1, 0.15) is 12.2 Å². The highest BCUT2D eigenvalue weighted by molar-refractivity contribution is 5.68. The van der Waals surface area contributed by atoms with Crippen LogP contribution in [0.25, 0.3) is 0 Å². The number of aryl methyl sites for hydroxylation is 1. The van der Waals surface area contributed by atoms with E-state index in [2.05, 4.69) is 10.6 Å². The molecule has 30 heavy (non-hydrogen) atoms. The van der Waals surface area contributed by atoms with Gasteiger partial charge in [-0.05, 0) is 58.3 Å². The average molecular weight is 417 g/mol. The molecule has 2 atom stereocenters. The lowest BCUT2D eigenvalue weighted by atomic mass is 10.1. The molecule has 0 heterocycles. The highest BCUT2D eigenvalue weighted by Crippen LogP contribution is 2.19. The number of allylic oxidation sites excluding steroid dienone is 2. The minimum absolute atomic E-state index is 0.223. The first-order valence-corrected chi connectivity index (χ1v) is 10.7. The van der Waals surface area contributed by atoms with Crippen LogP contribution in [0, 0.1) is 6.92 Å². The Balaban J connectivity index is 2.15. The van der Waals surface area contributed by atoms with E-state index in [-0.39, 0.29) is 6.10 Å². The molecule has 0 aliphatic rings. The van der Waals surface area contributed by atoms with E-state index in [4.69, 9.17) is 9.47 Å². The molecule has 0 aliphatic carbocycles. The van der Waals surface area contributed by atoms with E-state index >= 15 is 0 Å². The Morgan fingerprint density at radius 1 is 0.867 bits per heavy atom. The maximum atomic E-state index is 12.1. The van der Waals surface area contributed by atoms with Crippen molar-refractivity contribution >= 4 is 12.2 Å². The fourth-order valence-electron chi connectivity index (χ4n) is 2.81. The summed E-state index contributed by atoms with van der Waals surface area (Å²) in [5.41, 5.74) is 2.11. The number of rotatable bonds is 12. The second kappa shape index (κ2) is 15.1. The summed E-state index contributed by atoms with van der Waals surface area (Å²) in [6, 6.07) is 7.95. The van der Waals surface area contributed by atoms with Crippen LogP contribution in [0.3, 0.4) is 0 Å². The fourth-order valence-corrected chi connectivity index (χ4v) is 2.81. The smallest absolute Gasteiger partial charge is 0.408 e. The molecule has 166 valence electrons. The van der Waals surface area contributed by atoms with Crippen molar-refractivity contribution < 1.29 is 19.1 Å². The minimum Gasteiger partial charge on any atom is -0.442 e. The van der Waals surface area contributed by atoms with Crippen LogP contribution in [-0.2, 0) is 9.47 Å². The van der Waals surface area contributed by atoms with E-state index in [9.17, 15) is 9.59 Å². The predicted molar refractivity (Wildman–Crippen MR) is 120 cm³/mol. The SMILES string of the molecule is C/C=C/C(C)OC(=O)NCCCCCCNC(=O)OC(/C=C/C)c1ccc(C)cc1. The van der Waals surface area contributed by atoms with Crippen molar-refractivity contribution in [3.63, 3.8) is 0 Å². The summed E-state index contributed by atoms with van der Waals surface area (Å²) >= 11 is 0. The van der Waals surface area contributed by atoms with Crippen LogP contribution >= 0.6 is 0 Å². The molecule has 1 rings (SSSR count). The second-order valence-electron chi connectivity index (χ2n) is 7.17. The highest BCUT2D eigenvalue weighted by Gasteiger charge is 2.13. The minimum atomic E-state index is -0.418.